The summed E-state index contributed by atoms with van der Waals surface area (Å²) in [7, 11) is 0. The van der Waals surface area contributed by atoms with Crippen molar-refractivity contribution in [3.63, 3.8) is 0 Å². The zero-order valence-corrected chi connectivity index (χ0v) is 24.0. The van der Waals surface area contributed by atoms with E-state index in [9.17, 15) is 0 Å². The van der Waals surface area contributed by atoms with Crippen LogP contribution >= 0.6 is 0 Å². The molecule has 4 aromatic heterocycles. The van der Waals surface area contributed by atoms with Gasteiger partial charge in [0, 0.05) is 5.69 Å². The lowest BCUT2D eigenvalue weighted by Gasteiger charge is -2.22. The molecule has 0 saturated carbocycles. The monoisotopic (exact) mass is 568 g/mol. The number of aryl methyl sites for hydroxylation is 1. The van der Waals surface area contributed by atoms with Gasteiger partial charge in [-0.15, -0.1) is 0 Å². The van der Waals surface area contributed by atoms with Crippen molar-refractivity contribution in [1.82, 2.24) is 27.9 Å². The molecule has 4 heterocycles. The average molecular weight is 569 g/mol. The predicted octanol–water partition coefficient (Wildman–Crippen LogP) is 8.58. The third-order valence-corrected chi connectivity index (χ3v) is 9.38. The second kappa shape index (κ2) is 8.94. The highest BCUT2D eigenvalue weighted by Gasteiger charge is 2.24. The lowest BCUT2D eigenvalue weighted by molar-refractivity contribution is 0.647. The number of imidazole rings is 4. The van der Waals surface area contributed by atoms with Gasteiger partial charge in [0.15, 0.2) is 0 Å². The van der Waals surface area contributed by atoms with Crippen LogP contribution in [0.25, 0.3) is 62.0 Å². The Kier molecular flexibility index (Phi) is 4.86. The molecule has 0 spiro atoms. The van der Waals surface area contributed by atoms with Crippen LogP contribution in [0.4, 0.5) is 0 Å². The first-order valence-corrected chi connectivity index (χ1v) is 15.4. The van der Waals surface area contributed by atoms with E-state index in [-0.39, 0.29) is 6.04 Å². The summed E-state index contributed by atoms with van der Waals surface area (Å²) in [5, 5.41) is 0. The first-order chi connectivity index (χ1) is 21.8. The quantitative estimate of drug-likeness (QED) is 0.214. The van der Waals surface area contributed by atoms with Crippen LogP contribution in [0.1, 0.15) is 35.8 Å². The molecule has 0 amide bonds. The smallest absolute Gasteiger partial charge is 0.220 e. The first-order valence-electron chi connectivity index (χ1n) is 15.4. The Morgan fingerprint density at radius 2 is 1.45 bits per heavy atom. The molecule has 6 heteroatoms. The van der Waals surface area contributed by atoms with E-state index in [1.807, 2.05) is 0 Å². The number of hydrogen-bond acceptors (Lipinski definition) is 2. The zero-order chi connectivity index (χ0) is 28.8. The molecule has 2 aliphatic carbocycles. The van der Waals surface area contributed by atoms with Crippen LogP contribution < -0.4 is 0 Å². The van der Waals surface area contributed by atoms with Crippen LogP contribution in [0, 0.1) is 0 Å². The van der Waals surface area contributed by atoms with Crippen LogP contribution in [0.15, 0.2) is 121 Å². The van der Waals surface area contributed by atoms with Gasteiger partial charge in [-0.05, 0) is 85.0 Å². The molecule has 0 N–H and O–H groups in total. The van der Waals surface area contributed by atoms with Crippen LogP contribution in [-0.2, 0) is 6.42 Å². The molecule has 10 rings (SSSR count). The van der Waals surface area contributed by atoms with Crippen LogP contribution in [0.2, 0.25) is 0 Å². The SMILES string of the molecule is C1=CC(n2c3ccccc3n3c4ccccc4nc23)CC(c2cccc(-n3c4ccccc4n4c5c(nc34)C=CCC5)c2)=C1. The van der Waals surface area contributed by atoms with Gasteiger partial charge in [0.25, 0.3) is 0 Å². The number of fused-ring (bicyclic) bond motifs is 10. The summed E-state index contributed by atoms with van der Waals surface area (Å²) in [4.78, 5) is 10.2. The summed E-state index contributed by atoms with van der Waals surface area (Å²) in [5.41, 5.74) is 13.0. The zero-order valence-electron chi connectivity index (χ0n) is 24.0. The van der Waals surface area contributed by atoms with Crippen molar-refractivity contribution in [2.24, 2.45) is 0 Å². The van der Waals surface area contributed by atoms with Gasteiger partial charge < -0.3 is 4.57 Å². The number of hydrogen-bond donors (Lipinski definition) is 0. The fourth-order valence-electron chi connectivity index (χ4n) is 7.46. The fraction of sp³-hybridized carbons (Fsp3) is 0.105. The van der Waals surface area contributed by atoms with Crippen molar-refractivity contribution >= 4 is 56.3 Å². The second-order valence-electron chi connectivity index (χ2n) is 11.8. The molecule has 0 saturated heterocycles. The van der Waals surface area contributed by atoms with E-state index >= 15 is 0 Å². The van der Waals surface area contributed by atoms with E-state index in [2.05, 4.69) is 145 Å². The second-order valence-corrected chi connectivity index (χ2v) is 11.8. The molecule has 8 aromatic rings. The van der Waals surface area contributed by atoms with E-state index in [0.717, 1.165) is 53.2 Å². The van der Waals surface area contributed by atoms with Crippen LogP contribution in [0.5, 0.6) is 0 Å². The fourth-order valence-corrected chi connectivity index (χ4v) is 7.46. The van der Waals surface area contributed by atoms with Crippen LogP contribution in [-0.4, -0.2) is 27.9 Å². The minimum atomic E-state index is 0.141. The molecule has 1 unspecified atom stereocenters. The Morgan fingerprint density at radius 3 is 2.34 bits per heavy atom. The van der Waals surface area contributed by atoms with Crippen molar-refractivity contribution < 1.29 is 0 Å². The van der Waals surface area contributed by atoms with Crippen LogP contribution in [0.3, 0.4) is 0 Å². The number of allylic oxidation sites excluding steroid dienone is 5. The minimum absolute atomic E-state index is 0.141. The maximum absolute atomic E-state index is 5.13. The molecule has 44 heavy (non-hydrogen) atoms. The normalized spacial score (nSPS) is 16.5. The summed E-state index contributed by atoms with van der Waals surface area (Å²) >= 11 is 0. The van der Waals surface area contributed by atoms with E-state index in [4.69, 9.17) is 9.97 Å². The Bertz CT molecular complexity index is 2540. The number of nitrogens with zero attached hydrogens (tertiary/aromatic N) is 6. The van der Waals surface area contributed by atoms with Gasteiger partial charge in [0.1, 0.15) is 0 Å². The molecule has 4 aromatic carbocycles. The molecule has 0 bridgehead atoms. The summed E-state index contributed by atoms with van der Waals surface area (Å²) < 4.78 is 9.39. The van der Waals surface area contributed by atoms with Crippen molar-refractivity contribution in [2.75, 3.05) is 0 Å². The highest BCUT2D eigenvalue weighted by Crippen LogP contribution is 2.37. The summed E-state index contributed by atoms with van der Waals surface area (Å²) in [5.74, 6) is 1.96. The van der Waals surface area contributed by atoms with Crippen molar-refractivity contribution in [1.29, 1.82) is 0 Å². The molecular formula is C38H28N6. The average Bonchev–Trinajstić information content (AvgIpc) is 3.81. The molecule has 1 atom stereocenters. The third-order valence-electron chi connectivity index (χ3n) is 9.38. The largest absolute Gasteiger partial charge is 0.302 e. The molecular weight excluding hydrogens is 540 g/mol. The molecule has 0 aliphatic heterocycles. The van der Waals surface area contributed by atoms with Gasteiger partial charge >= 0.3 is 0 Å². The Morgan fingerprint density at radius 1 is 0.682 bits per heavy atom. The Labute approximate surface area is 253 Å². The van der Waals surface area contributed by atoms with Gasteiger partial charge in [-0.25, -0.2) is 9.97 Å². The van der Waals surface area contributed by atoms with Gasteiger partial charge in [0.05, 0.1) is 50.5 Å². The standard InChI is InChI=1S/C38H28N6/c1-3-17-31-29(15-1)39-37-41(33-19-5-7-21-35(33)43(31)37)27-13-9-11-25(23-27)26-12-10-14-28(24-26)42-34-20-6-8-22-36(34)44-32-18-4-2-16-30(32)40-38(42)44/h1-3,5-17,19-22,24,27H,4,18,23H2. The van der Waals surface area contributed by atoms with E-state index < -0.39 is 0 Å². The summed E-state index contributed by atoms with van der Waals surface area (Å²) in [6, 6.07) is 34.8. The molecule has 0 fully saturated rings. The van der Waals surface area contributed by atoms with Gasteiger partial charge in [0.2, 0.25) is 11.6 Å². The molecule has 2 aliphatic rings. The number of benzene rings is 4. The van der Waals surface area contributed by atoms with Crippen molar-refractivity contribution in [3.8, 4) is 5.69 Å². The molecule has 210 valence electrons. The van der Waals surface area contributed by atoms with E-state index in [0.29, 0.717) is 0 Å². The third kappa shape index (κ3) is 3.25. The Hall–Kier alpha value is -5.62. The maximum atomic E-state index is 5.13. The Balaban J connectivity index is 1.10. The van der Waals surface area contributed by atoms with Gasteiger partial charge in [-0.3, -0.25) is 13.4 Å². The summed E-state index contributed by atoms with van der Waals surface area (Å²) in [6.07, 6.45) is 14.1. The predicted molar refractivity (Wildman–Crippen MR) is 178 cm³/mol. The molecule has 6 nitrogen and oxygen atoms in total. The van der Waals surface area contributed by atoms with E-state index in [1.165, 1.54) is 38.9 Å². The lowest BCUT2D eigenvalue weighted by atomic mass is 9.93. The minimum Gasteiger partial charge on any atom is -0.302 e. The van der Waals surface area contributed by atoms with Gasteiger partial charge in [-0.1, -0.05) is 72.8 Å². The number of para-hydroxylation sites is 6. The van der Waals surface area contributed by atoms with E-state index in [1.54, 1.807) is 0 Å². The number of aromatic nitrogens is 6. The van der Waals surface area contributed by atoms with Gasteiger partial charge in [-0.2, -0.15) is 0 Å². The van der Waals surface area contributed by atoms with Crippen molar-refractivity contribution in [2.45, 2.75) is 25.3 Å². The topological polar surface area (TPSA) is 44.5 Å². The maximum Gasteiger partial charge on any atom is 0.220 e. The lowest BCUT2D eigenvalue weighted by Crippen LogP contribution is -2.10. The molecule has 0 radical (unpaired) electrons. The first kappa shape index (κ1) is 23.9. The highest BCUT2D eigenvalue weighted by molar-refractivity contribution is 5.91. The number of rotatable bonds is 3. The summed E-state index contributed by atoms with van der Waals surface area (Å²) in [6.45, 7) is 0. The van der Waals surface area contributed by atoms with Crippen molar-refractivity contribution in [3.05, 3.63) is 138 Å². The highest BCUT2D eigenvalue weighted by atomic mass is 15.2.